The molecule has 0 N–H and O–H groups in total. The van der Waals surface area contributed by atoms with Crippen LogP contribution in [0.5, 0.6) is 0 Å². The van der Waals surface area contributed by atoms with Crippen molar-refractivity contribution in [1.29, 1.82) is 5.26 Å². The minimum absolute atomic E-state index is 0.0400. The summed E-state index contributed by atoms with van der Waals surface area (Å²) in [6.07, 6.45) is 1.83. The number of nitriles is 1. The van der Waals surface area contributed by atoms with E-state index in [2.05, 4.69) is 6.07 Å². The van der Waals surface area contributed by atoms with Crippen molar-refractivity contribution in [2.24, 2.45) is 0 Å². The van der Waals surface area contributed by atoms with E-state index >= 15 is 0 Å². The van der Waals surface area contributed by atoms with E-state index in [9.17, 15) is 8.42 Å². The molecule has 2 aromatic rings. The molecule has 2 heterocycles. The summed E-state index contributed by atoms with van der Waals surface area (Å²) in [5.74, 6) is 0. The van der Waals surface area contributed by atoms with Gasteiger partial charge in [0.25, 0.3) is 10.0 Å². The first-order valence-electron chi connectivity index (χ1n) is 9.02. The zero-order valence-corrected chi connectivity index (χ0v) is 17.6. The highest BCUT2D eigenvalue weighted by atomic mass is 32.2. The Bertz CT molecular complexity index is 954. The van der Waals surface area contributed by atoms with Crippen LogP contribution in [0.2, 0.25) is 0 Å². The molecule has 0 aliphatic carbocycles. The number of benzene rings is 1. The Labute approximate surface area is 165 Å². The van der Waals surface area contributed by atoms with Crippen LogP contribution >= 0.6 is 11.3 Å². The largest absolute Gasteiger partial charge is 0.377 e. The number of nitrogens with zero attached hydrogens (tertiary/aromatic N) is 3. The van der Waals surface area contributed by atoms with E-state index in [1.165, 1.54) is 11.3 Å². The smallest absolute Gasteiger partial charge is 0.252 e. The predicted octanol–water partition coefficient (Wildman–Crippen LogP) is 2.81. The second-order valence-corrected chi connectivity index (χ2v) is 10.3. The average molecular weight is 408 g/mol. The third-order valence-corrected chi connectivity index (χ3v) is 8.56. The second-order valence-electron chi connectivity index (χ2n) is 7.14. The van der Waals surface area contributed by atoms with Gasteiger partial charge in [0.05, 0.1) is 17.7 Å². The molecule has 0 radical (unpaired) electrons. The van der Waals surface area contributed by atoms with E-state index in [-0.39, 0.29) is 6.10 Å². The average Bonchev–Trinajstić information content (AvgIpc) is 3.26. The van der Waals surface area contributed by atoms with Crippen molar-refractivity contribution in [2.45, 2.75) is 30.1 Å². The Morgan fingerprint density at radius 2 is 2.11 bits per heavy atom. The van der Waals surface area contributed by atoms with Crippen LogP contribution in [0.4, 0.5) is 0 Å². The van der Waals surface area contributed by atoms with Crippen LogP contribution in [0, 0.1) is 18.3 Å². The Hall–Kier alpha value is -1.50. The number of ether oxygens (including phenoxy) is 1. The van der Waals surface area contributed by atoms with Gasteiger partial charge in [-0.3, -0.25) is 0 Å². The molecule has 6 nitrogen and oxygen atoms in total. The van der Waals surface area contributed by atoms with Crippen LogP contribution < -0.4 is 0 Å². The third kappa shape index (κ3) is 4.33. The summed E-state index contributed by atoms with van der Waals surface area (Å²) in [4.78, 5) is 1.98. The minimum Gasteiger partial charge on any atom is -0.377 e. The van der Waals surface area contributed by atoms with Crippen LogP contribution in [0.3, 0.4) is 0 Å². The Kier molecular flexibility index (Phi) is 6.18. The van der Waals surface area contributed by atoms with E-state index in [1.54, 1.807) is 16.4 Å². The van der Waals surface area contributed by atoms with Gasteiger partial charge < -0.3 is 9.64 Å². The highest BCUT2D eigenvalue weighted by molar-refractivity contribution is 7.91. The monoisotopic (exact) mass is 407 g/mol. The standard InChI is InChI=1S/C19H25N3O3S2/c1-14-17-11-15(12-20)6-7-18(17)26-19(14)27(23,24)22(9-8-21(2)3)13-16-5-4-10-25-16/h6-7,11,16H,4-5,8-10,13H2,1-3H3. The first-order chi connectivity index (χ1) is 12.8. The van der Waals surface area contributed by atoms with Gasteiger partial charge in [0.15, 0.2) is 0 Å². The normalized spacial score (nSPS) is 17.9. The molecule has 1 fully saturated rings. The summed E-state index contributed by atoms with van der Waals surface area (Å²) in [6.45, 7) is 3.97. The molecule has 0 amide bonds. The lowest BCUT2D eigenvalue weighted by molar-refractivity contribution is 0.0926. The zero-order chi connectivity index (χ0) is 19.6. The first kappa shape index (κ1) is 20.2. The molecule has 1 saturated heterocycles. The lowest BCUT2D eigenvalue weighted by Gasteiger charge is -2.26. The van der Waals surface area contributed by atoms with Gasteiger partial charge in [-0.1, -0.05) is 0 Å². The summed E-state index contributed by atoms with van der Waals surface area (Å²) >= 11 is 1.28. The van der Waals surface area contributed by atoms with E-state index in [0.717, 1.165) is 22.9 Å². The molecular formula is C19H25N3O3S2. The SMILES string of the molecule is Cc1c(S(=O)(=O)N(CCN(C)C)CC2CCCO2)sc2ccc(C#N)cc12. The van der Waals surface area contributed by atoms with Gasteiger partial charge in [-0.15, -0.1) is 11.3 Å². The van der Waals surface area contributed by atoms with Gasteiger partial charge in [-0.2, -0.15) is 9.57 Å². The number of thiophene rings is 1. The molecule has 8 heteroatoms. The van der Waals surface area contributed by atoms with E-state index in [4.69, 9.17) is 10.00 Å². The highest BCUT2D eigenvalue weighted by Gasteiger charge is 2.32. The van der Waals surface area contributed by atoms with Crippen LogP contribution in [0.15, 0.2) is 22.4 Å². The molecule has 1 aliphatic heterocycles. The molecule has 3 rings (SSSR count). The number of fused-ring (bicyclic) bond motifs is 1. The number of hydrogen-bond donors (Lipinski definition) is 0. The molecule has 1 atom stereocenters. The predicted molar refractivity (Wildman–Crippen MR) is 108 cm³/mol. The summed E-state index contributed by atoms with van der Waals surface area (Å²) in [5, 5.41) is 9.97. The zero-order valence-electron chi connectivity index (χ0n) is 15.9. The van der Waals surface area contributed by atoms with E-state index in [1.807, 2.05) is 32.0 Å². The van der Waals surface area contributed by atoms with Crippen molar-refractivity contribution in [1.82, 2.24) is 9.21 Å². The molecule has 1 unspecified atom stereocenters. The van der Waals surface area contributed by atoms with Gasteiger partial charge in [0.1, 0.15) is 4.21 Å². The second kappa shape index (κ2) is 8.25. The van der Waals surface area contributed by atoms with Crippen molar-refractivity contribution in [3.8, 4) is 6.07 Å². The topological polar surface area (TPSA) is 73.6 Å². The van der Waals surface area contributed by atoms with Gasteiger partial charge in [-0.05, 0) is 63.0 Å². The van der Waals surface area contributed by atoms with Crippen molar-refractivity contribution in [3.05, 3.63) is 29.3 Å². The van der Waals surface area contributed by atoms with E-state index in [0.29, 0.717) is 41.6 Å². The molecule has 0 saturated carbocycles. The highest BCUT2D eigenvalue weighted by Crippen LogP contribution is 2.36. The fourth-order valence-corrected chi connectivity index (χ4v) is 6.61. The number of aryl methyl sites for hydroxylation is 1. The fourth-order valence-electron chi connectivity index (χ4n) is 3.27. The maximum atomic E-state index is 13.5. The van der Waals surface area contributed by atoms with E-state index < -0.39 is 10.0 Å². The molecule has 0 spiro atoms. The van der Waals surface area contributed by atoms with Gasteiger partial charge >= 0.3 is 0 Å². The third-order valence-electron chi connectivity index (χ3n) is 4.82. The number of sulfonamides is 1. The van der Waals surface area contributed by atoms with Gasteiger partial charge in [0, 0.05) is 30.9 Å². The summed E-state index contributed by atoms with van der Waals surface area (Å²) < 4.78 is 35.4. The minimum atomic E-state index is -3.63. The van der Waals surface area contributed by atoms with Crippen LogP contribution in [0.25, 0.3) is 10.1 Å². The molecule has 27 heavy (non-hydrogen) atoms. The Balaban J connectivity index is 1.98. The molecule has 1 aliphatic rings. The molecule has 1 aromatic heterocycles. The fraction of sp³-hybridized carbons (Fsp3) is 0.526. The maximum absolute atomic E-state index is 13.5. The molecule has 146 valence electrons. The lowest BCUT2D eigenvalue weighted by atomic mass is 10.1. The van der Waals surface area contributed by atoms with Gasteiger partial charge in [0.2, 0.25) is 0 Å². The van der Waals surface area contributed by atoms with Crippen molar-refractivity contribution < 1.29 is 13.2 Å². The summed E-state index contributed by atoms with van der Waals surface area (Å²) in [7, 11) is 0.237. The van der Waals surface area contributed by atoms with Crippen LogP contribution in [0.1, 0.15) is 24.0 Å². The number of likely N-dealkylation sites (N-methyl/N-ethyl adjacent to an activating group) is 1. The number of rotatable bonds is 7. The molecule has 1 aromatic carbocycles. The van der Waals surface area contributed by atoms with Crippen LogP contribution in [-0.4, -0.2) is 64.1 Å². The molecular weight excluding hydrogens is 382 g/mol. The summed E-state index contributed by atoms with van der Waals surface area (Å²) in [5.41, 5.74) is 1.26. The first-order valence-corrected chi connectivity index (χ1v) is 11.3. The Morgan fingerprint density at radius 1 is 1.33 bits per heavy atom. The van der Waals surface area contributed by atoms with Crippen molar-refractivity contribution in [3.63, 3.8) is 0 Å². The van der Waals surface area contributed by atoms with Crippen molar-refractivity contribution in [2.75, 3.05) is 40.3 Å². The van der Waals surface area contributed by atoms with Crippen molar-refractivity contribution >= 4 is 31.4 Å². The number of hydrogen-bond acceptors (Lipinski definition) is 6. The lowest BCUT2D eigenvalue weighted by Crippen LogP contribution is -2.41. The van der Waals surface area contributed by atoms with Gasteiger partial charge in [-0.25, -0.2) is 8.42 Å². The maximum Gasteiger partial charge on any atom is 0.252 e. The summed E-state index contributed by atoms with van der Waals surface area (Å²) in [6, 6.07) is 7.44. The molecule has 0 bridgehead atoms. The Morgan fingerprint density at radius 3 is 2.74 bits per heavy atom. The van der Waals surface area contributed by atoms with Crippen LogP contribution in [-0.2, 0) is 14.8 Å². The quantitative estimate of drug-likeness (QED) is 0.706.